The molecule has 0 amide bonds. The van der Waals surface area contributed by atoms with E-state index in [1.807, 2.05) is 0 Å². The Morgan fingerprint density at radius 1 is 0.759 bits per heavy atom. The molecule has 0 aliphatic carbocycles. The third kappa shape index (κ3) is 10.8. The second-order valence-corrected chi connectivity index (χ2v) is 8.70. The fourth-order valence-electron chi connectivity index (χ4n) is 4.17. The second kappa shape index (κ2) is 16.4. The SMILES string of the molecule is CCCCCCCC=C(C)C(CCCCCCCCCCC)n1c(O)ccc1O. The van der Waals surface area contributed by atoms with Crippen LogP contribution in [0.15, 0.2) is 23.8 Å². The predicted molar refractivity (Wildman–Crippen MR) is 126 cm³/mol. The minimum Gasteiger partial charge on any atom is -0.494 e. The molecule has 0 saturated heterocycles. The summed E-state index contributed by atoms with van der Waals surface area (Å²) < 4.78 is 1.70. The lowest BCUT2D eigenvalue weighted by Gasteiger charge is -2.22. The van der Waals surface area contributed by atoms with Crippen molar-refractivity contribution in [3.8, 4) is 11.8 Å². The number of aromatic nitrogens is 1. The van der Waals surface area contributed by atoms with Gasteiger partial charge >= 0.3 is 0 Å². The van der Waals surface area contributed by atoms with Crippen molar-refractivity contribution in [3.63, 3.8) is 0 Å². The highest BCUT2D eigenvalue weighted by atomic mass is 16.3. The zero-order valence-corrected chi connectivity index (χ0v) is 19.5. The van der Waals surface area contributed by atoms with Crippen LogP contribution >= 0.6 is 0 Å². The predicted octanol–water partition coefficient (Wildman–Crippen LogP) is 8.67. The van der Waals surface area contributed by atoms with Gasteiger partial charge in [0.05, 0.1) is 6.04 Å². The van der Waals surface area contributed by atoms with Crippen LogP contribution in [0.2, 0.25) is 0 Å². The van der Waals surface area contributed by atoms with Gasteiger partial charge in [0.1, 0.15) is 0 Å². The molecule has 1 atom stereocenters. The molecule has 29 heavy (non-hydrogen) atoms. The summed E-state index contributed by atoms with van der Waals surface area (Å²) in [5.41, 5.74) is 1.27. The molecule has 1 aromatic heterocycles. The second-order valence-electron chi connectivity index (χ2n) is 8.70. The molecule has 2 N–H and O–H groups in total. The van der Waals surface area contributed by atoms with Gasteiger partial charge < -0.3 is 10.2 Å². The Kier molecular flexibility index (Phi) is 14.5. The third-order valence-electron chi connectivity index (χ3n) is 6.07. The standard InChI is InChI=1S/C26H47NO2/c1-4-6-8-10-12-13-14-16-18-20-24(27-25(28)21-22-26(27)29)23(3)19-17-15-11-9-7-5-2/h19,21-22,24,28-29H,4-18,20H2,1-3H3. The van der Waals surface area contributed by atoms with Crippen molar-refractivity contribution in [1.29, 1.82) is 0 Å². The molecule has 0 saturated carbocycles. The summed E-state index contributed by atoms with van der Waals surface area (Å²) in [4.78, 5) is 0. The average Bonchev–Trinajstić information content (AvgIpc) is 3.04. The Hall–Kier alpha value is -1.38. The molecule has 0 aliphatic heterocycles. The fourth-order valence-corrected chi connectivity index (χ4v) is 4.17. The normalized spacial score (nSPS) is 13.1. The van der Waals surface area contributed by atoms with E-state index in [1.54, 1.807) is 16.7 Å². The van der Waals surface area contributed by atoms with Crippen molar-refractivity contribution in [2.45, 2.75) is 130 Å². The van der Waals surface area contributed by atoms with Gasteiger partial charge in [-0.2, -0.15) is 0 Å². The molecule has 3 heteroatoms. The van der Waals surface area contributed by atoms with E-state index in [2.05, 4.69) is 26.8 Å². The van der Waals surface area contributed by atoms with Gasteiger partial charge in [-0.05, 0) is 26.2 Å². The summed E-state index contributed by atoms with van der Waals surface area (Å²) in [5, 5.41) is 20.5. The first-order valence-electron chi connectivity index (χ1n) is 12.4. The van der Waals surface area contributed by atoms with E-state index in [4.69, 9.17) is 0 Å². The Balaban J connectivity index is 2.47. The molecule has 1 unspecified atom stereocenters. The monoisotopic (exact) mass is 405 g/mol. The van der Waals surface area contributed by atoms with Crippen LogP contribution < -0.4 is 0 Å². The van der Waals surface area contributed by atoms with Gasteiger partial charge in [-0.25, -0.2) is 0 Å². The fraction of sp³-hybridized carbons (Fsp3) is 0.769. The molecule has 1 rings (SSSR count). The van der Waals surface area contributed by atoms with Crippen LogP contribution in [0.1, 0.15) is 130 Å². The van der Waals surface area contributed by atoms with Gasteiger partial charge in [-0.1, -0.05) is 109 Å². The van der Waals surface area contributed by atoms with Crippen LogP contribution in [-0.4, -0.2) is 14.8 Å². The van der Waals surface area contributed by atoms with Gasteiger partial charge in [0, 0.05) is 12.1 Å². The molecule has 0 spiro atoms. The van der Waals surface area contributed by atoms with Crippen LogP contribution in [-0.2, 0) is 0 Å². The number of allylic oxidation sites excluding steroid dienone is 2. The summed E-state index contributed by atoms with van der Waals surface area (Å²) in [6.07, 6.45) is 22.6. The largest absolute Gasteiger partial charge is 0.494 e. The van der Waals surface area contributed by atoms with Gasteiger partial charge in [0.25, 0.3) is 0 Å². The topological polar surface area (TPSA) is 45.4 Å². The minimum absolute atomic E-state index is 0.0604. The van der Waals surface area contributed by atoms with Gasteiger partial charge in [0.15, 0.2) is 11.8 Å². The van der Waals surface area contributed by atoms with E-state index >= 15 is 0 Å². The molecule has 0 fully saturated rings. The first-order chi connectivity index (χ1) is 14.1. The number of rotatable bonds is 18. The van der Waals surface area contributed by atoms with E-state index in [1.165, 1.54) is 89.0 Å². The number of hydrogen-bond donors (Lipinski definition) is 2. The van der Waals surface area contributed by atoms with Crippen molar-refractivity contribution >= 4 is 0 Å². The lowest BCUT2D eigenvalue weighted by Crippen LogP contribution is -2.10. The molecule has 0 bridgehead atoms. The molecule has 3 nitrogen and oxygen atoms in total. The molecule has 168 valence electrons. The first kappa shape index (κ1) is 25.7. The third-order valence-corrected chi connectivity index (χ3v) is 6.07. The summed E-state index contributed by atoms with van der Waals surface area (Å²) in [7, 11) is 0. The van der Waals surface area contributed by atoms with Crippen LogP contribution in [0.5, 0.6) is 11.8 Å². The average molecular weight is 406 g/mol. The number of nitrogens with zero attached hydrogens (tertiary/aromatic N) is 1. The molecule has 0 aromatic carbocycles. The van der Waals surface area contributed by atoms with E-state index in [0.29, 0.717) is 0 Å². The summed E-state index contributed by atoms with van der Waals surface area (Å²) in [6, 6.07) is 3.25. The summed E-state index contributed by atoms with van der Waals surface area (Å²) in [5.74, 6) is 0.332. The quantitative estimate of drug-likeness (QED) is 0.189. The Morgan fingerprint density at radius 2 is 1.21 bits per heavy atom. The number of aromatic hydroxyl groups is 2. The molecule has 0 radical (unpaired) electrons. The smallest absolute Gasteiger partial charge is 0.194 e. The molecular formula is C26H47NO2. The van der Waals surface area contributed by atoms with Crippen LogP contribution in [0.3, 0.4) is 0 Å². The highest BCUT2D eigenvalue weighted by molar-refractivity contribution is 5.28. The maximum absolute atomic E-state index is 10.2. The first-order valence-corrected chi connectivity index (χ1v) is 12.4. The Morgan fingerprint density at radius 3 is 1.72 bits per heavy atom. The number of unbranched alkanes of at least 4 members (excludes halogenated alkanes) is 13. The van der Waals surface area contributed by atoms with Crippen molar-refractivity contribution in [2.24, 2.45) is 0 Å². The van der Waals surface area contributed by atoms with E-state index < -0.39 is 0 Å². The Labute approximate surface area is 180 Å². The molecular weight excluding hydrogens is 358 g/mol. The number of hydrogen-bond acceptors (Lipinski definition) is 2. The van der Waals surface area contributed by atoms with Crippen molar-refractivity contribution in [1.82, 2.24) is 4.57 Å². The van der Waals surface area contributed by atoms with Crippen molar-refractivity contribution in [2.75, 3.05) is 0 Å². The highest BCUT2D eigenvalue weighted by Gasteiger charge is 2.19. The van der Waals surface area contributed by atoms with Crippen molar-refractivity contribution < 1.29 is 10.2 Å². The van der Waals surface area contributed by atoms with E-state index in [9.17, 15) is 10.2 Å². The lowest BCUT2D eigenvalue weighted by molar-refractivity contribution is 0.336. The highest BCUT2D eigenvalue weighted by Crippen LogP contribution is 2.34. The summed E-state index contributed by atoms with van der Waals surface area (Å²) >= 11 is 0. The zero-order valence-electron chi connectivity index (χ0n) is 19.5. The minimum atomic E-state index is 0.0604. The van der Waals surface area contributed by atoms with Crippen molar-refractivity contribution in [3.05, 3.63) is 23.8 Å². The molecule has 1 heterocycles. The molecule has 0 aliphatic rings. The van der Waals surface area contributed by atoms with Gasteiger partial charge in [0.2, 0.25) is 0 Å². The van der Waals surface area contributed by atoms with Crippen LogP contribution in [0.25, 0.3) is 0 Å². The van der Waals surface area contributed by atoms with Crippen LogP contribution in [0, 0.1) is 0 Å². The van der Waals surface area contributed by atoms with Gasteiger partial charge in [-0.15, -0.1) is 0 Å². The maximum Gasteiger partial charge on any atom is 0.194 e. The van der Waals surface area contributed by atoms with E-state index in [-0.39, 0.29) is 17.8 Å². The van der Waals surface area contributed by atoms with Gasteiger partial charge in [-0.3, -0.25) is 4.57 Å². The summed E-state index contributed by atoms with van der Waals surface area (Å²) in [6.45, 7) is 6.67. The maximum atomic E-state index is 10.2. The van der Waals surface area contributed by atoms with Crippen LogP contribution in [0.4, 0.5) is 0 Å². The lowest BCUT2D eigenvalue weighted by atomic mass is 9.98. The Bertz CT molecular complexity index is 527. The van der Waals surface area contributed by atoms with E-state index in [0.717, 1.165) is 19.3 Å². The molecule has 1 aromatic rings. The zero-order chi connectivity index (χ0) is 21.3.